The minimum atomic E-state index is -0.719. The highest BCUT2D eigenvalue weighted by Crippen LogP contribution is 2.22. The second kappa shape index (κ2) is 4.63. The standard InChI is InChI=1S/C11H12ClN3O/c1-15-6-4-8(14-15)7-10(16)11-9(12)3-2-5-13-11/h2-6,10,16H,7H2,1H3. The van der Waals surface area contributed by atoms with E-state index in [1.807, 2.05) is 19.3 Å². The minimum absolute atomic E-state index is 0.414. The number of halogens is 1. The third kappa shape index (κ3) is 2.40. The maximum atomic E-state index is 9.97. The van der Waals surface area contributed by atoms with Gasteiger partial charge in [-0.2, -0.15) is 5.10 Å². The van der Waals surface area contributed by atoms with Crippen molar-refractivity contribution in [3.05, 3.63) is 47.0 Å². The highest BCUT2D eigenvalue weighted by Gasteiger charge is 2.14. The molecule has 2 aromatic rings. The molecule has 0 fully saturated rings. The average Bonchev–Trinajstić information content (AvgIpc) is 2.64. The number of hydrogen-bond acceptors (Lipinski definition) is 3. The summed E-state index contributed by atoms with van der Waals surface area (Å²) in [6.45, 7) is 0. The molecular weight excluding hydrogens is 226 g/mol. The van der Waals surface area contributed by atoms with Crippen LogP contribution in [0.2, 0.25) is 5.02 Å². The van der Waals surface area contributed by atoms with Gasteiger partial charge in [-0.05, 0) is 18.2 Å². The van der Waals surface area contributed by atoms with Crippen LogP contribution in [0, 0.1) is 0 Å². The van der Waals surface area contributed by atoms with E-state index in [0.717, 1.165) is 5.69 Å². The molecule has 0 aliphatic carbocycles. The molecule has 0 radical (unpaired) electrons. The first-order chi connectivity index (χ1) is 7.66. The third-order valence-corrected chi connectivity index (χ3v) is 2.59. The third-order valence-electron chi connectivity index (χ3n) is 2.27. The van der Waals surface area contributed by atoms with Gasteiger partial charge in [-0.25, -0.2) is 0 Å². The zero-order valence-electron chi connectivity index (χ0n) is 8.84. The molecule has 1 unspecified atom stereocenters. The Hall–Kier alpha value is -1.39. The van der Waals surface area contributed by atoms with E-state index in [-0.39, 0.29) is 0 Å². The monoisotopic (exact) mass is 237 g/mol. The van der Waals surface area contributed by atoms with Gasteiger partial charge in [-0.15, -0.1) is 0 Å². The Balaban J connectivity index is 2.14. The van der Waals surface area contributed by atoms with Crippen LogP contribution < -0.4 is 0 Å². The summed E-state index contributed by atoms with van der Waals surface area (Å²) in [6.07, 6.45) is 3.14. The molecule has 84 valence electrons. The zero-order valence-corrected chi connectivity index (χ0v) is 9.59. The van der Waals surface area contributed by atoms with E-state index >= 15 is 0 Å². The Kier molecular flexibility index (Phi) is 3.22. The molecule has 1 N–H and O–H groups in total. The summed E-state index contributed by atoms with van der Waals surface area (Å²) in [5.74, 6) is 0. The number of pyridine rings is 1. The highest BCUT2D eigenvalue weighted by atomic mass is 35.5. The van der Waals surface area contributed by atoms with Crippen molar-refractivity contribution < 1.29 is 5.11 Å². The molecule has 16 heavy (non-hydrogen) atoms. The first-order valence-corrected chi connectivity index (χ1v) is 5.31. The Bertz CT molecular complexity index is 484. The number of hydrogen-bond donors (Lipinski definition) is 1. The summed E-state index contributed by atoms with van der Waals surface area (Å²) in [5, 5.41) is 14.6. The van der Waals surface area contributed by atoms with Crippen molar-refractivity contribution in [1.82, 2.24) is 14.8 Å². The van der Waals surface area contributed by atoms with E-state index in [1.165, 1.54) is 0 Å². The molecular formula is C11H12ClN3O. The van der Waals surface area contributed by atoms with Crippen molar-refractivity contribution in [2.75, 3.05) is 0 Å². The molecule has 0 saturated carbocycles. The van der Waals surface area contributed by atoms with E-state index in [9.17, 15) is 5.11 Å². The fraction of sp³-hybridized carbons (Fsp3) is 0.273. The van der Waals surface area contributed by atoms with Crippen molar-refractivity contribution in [2.24, 2.45) is 7.05 Å². The number of aryl methyl sites for hydroxylation is 1. The predicted molar refractivity (Wildman–Crippen MR) is 61.1 cm³/mol. The van der Waals surface area contributed by atoms with Crippen molar-refractivity contribution >= 4 is 11.6 Å². The van der Waals surface area contributed by atoms with Crippen LogP contribution >= 0.6 is 11.6 Å². The van der Waals surface area contributed by atoms with Gasteiger partial charge in [0.2, 0.25) is 0 Å². The molecule has 0 aromatic carbocycles. The lowest BCUT2D eigenvalue weighted by atomic mass is 10.1. The smallest absolute Gasteiger partial charge is 0.103 e. The van der Waals surface area contributed by atoms with Crippen LogP contribution in [0.15, 0.2) is 30.6 Å². The lowest BCUT2D eigenvalue weighted by Crippen LogP contribution is -2.05. The van der Waals surface area contributed by atoms with E-state index in [4.69, 9.17) is 11.6 Å². The van der Waals surface area contributed by atoms with Gasteiger partial charge in [-0.3, -0.25) is 9.67 Å². The molecule has 5 heteroatoms. The molecule has 4 nitrogen and oxygen atoms in total. The first kappa shape index (κ1) is 11.1. The van der Waals surface area contributed by atoms with Crippen molar-refractivity contribution in [3.63, 3.8) is 0 Å². The van der Waals surface area contributed by atoms with Crippen LogP contribution in [-0.4, -0.2) is 19.9 Å². The van der Waals surface area contributed by atoms with Gasteiger partial charge >= 0.3 is 0 Å². The Labute approximate surface area is 98.5 Å². The normalized spacial score (nSPS) is 12.7. The molecule has 0 amide bonds. The molecule has 2 aromatic heterocycles. The fourth-order valence-corrected chi connectivity index (χ4v) is 1.76. The van der Waals surface area contributed by atoms with E-state index in [1.54, 1.807) is 23.0 Å². The molecule has 0 aliphatic rings. The van der Waals surface area contributed by atoms with Crippen molar-refractivity contribution in [2.45, 2.75) is 12.5 Å². The van der Waals surface area contributed by atoms with Crippen LogP contribution in [-0.2, 0) is 13.5 Å². The summed E-state index contributed by atoms with van der Waals surface area (Å²) < 4.78 is 1.70. The predicted octanol–water partition coefficient (Wildman–Crippen LogP) is 1.74. The number of aliphatic hydroxyl groups is 1. The van der Waals surface area contributed by atoms with Gasteiger partial charge in [-0.1, -0.05) is 11.6 Å². The van der Waals surface area contributed by atoms with Gasteiger partial charge in [0.25, 0.3) is 0 Å². The van der Waals surface area contributed by atoms with Crippen molar-refractivity contribution in [3.8, 4) is 0 Å². The van der Waals surface area contributed by atoms with Crippen LogP contribution in [0.1, 0.15) is 17.5 Å². The minimum Gasteiger partial charge on any atom is -0.386 e. The summed E-state index contributed by atoms with van der Waals surface area (Å²) in [7, 11) is 1.84. The van der Waals surface area contributed by atoms with Gasteiger partial charge in [0.05, 0.1) is 16.4 Å². The summed E-state index contributed by atoms with van der Waals surface area (Å²) >= 11 is 5.94. The number of rotatable bonds is 3. The zero-order chi connectivity index (χ0) is 11.5. The van der Waals surface area contributed by atoms with Crippen LogP contribution in [0.4, 0.5) is 0 Å². The van der Waals surface area contributed by atoms with Gasteiger partial charge in [0, 0.05) is 25.9 Å². The number of aromatic nitrogens is 3. The Morgan fingerprint density at radius 2 is 2.31 bits per heavy atom. The van der Waals surface area contributed by atoms with Crippen LogP contribution in [0.5, 0.6) is 0 Å². The fourth-order valence-electron chi connectivity index (χ4n) is 1.51. The van der Waals surface area contributed by atoms with E-state index in [2.05, 4.69) is 10.1 Å². The summed E-state index contributed by atoms with van der Waals surface area (Å²) in [5.41, 5.74) is 1.31. The van der Waals surface area contributed by atoms with E-state index < -0.39 is 6.10 Å². The average molecular weight is 238 g/mol. The maximum Gasteiger partial charge on any atom is 0.103 e. The quantitative estimate of drug-likeness (QED) is 0.885. The molecule has 0 bridgehead atoms. The first-order valence-electron chi connectivity index (χ1n) is 4.94. The topological polar surface area (TPSA) is 50.9 Å². The van der Waals surface area contributed by atoms with Crippen molar-refractivity contribution in [1.29, 1.82) is 0 Å². The Morgan fingerprint density at radius 3 is 2.94 bits per heavy atom. The molecule has 0 aliphatic heterocycles. The number of aliphatic hydroxyl groups excluding tert-OH is 1. The lowest BCUT2D eigenvalue weighted by molar-refractivity contribution is 0.172. The van der Waals surface area contributed by atoms with Gasteiger partial charge in [0.15, 0.2) is 0 Å². The Morgan fingerprint density at radius 1 is 1.50 bits per heavy atom. The van der Waals surface area contributed by atoms with Gasteiger partial charge in [0.1, 0.15) is 6.10 Å². The highest BCUT2D eigenvalue weighted by molar-refractivity contribution is 6.31. The SMILES string of the molecule is Cn1ccc(CC(O)c2ncccc2Cl)n1. The number of nitrogens with zero attached hydrogens (tertiary/aromatic N) is 3. The van der Waals surface area contributed by atoms with E-state index in [0.29, 0.717) is 17.1 Å². The molecule has 0 saturated heterocycles. The lowest BCUT2D eigenvalue weighted by Gasteiger charge is -2.09. The summed E-state index contributed by atoms with van der Waals surface area (Å²) in [4.78, 5) is 4.06. The van der Waals surface area contributed by atoms with Crippen LogP contribution in [0.25, 0.3) is 0 Å². The summed E-state index contributed by atoms with van der Waals surface area (Å²) in [6, 6.07) is 5.31. The van der Waals surface area contributed by atoms with Crippen LogP contribution in [0.3, 0.4) is 0 Å². The second-order valence-corrected chi connectivity index (χ2v) is 3.98. The molecule has 1 atom stereocenters. The molecule has 2 heterocycles. The molecule has 0 spiro atoms. The second-order valence-electron chi connectivity index (χ2n) is 3.57. The largest absolute Gasteiger partial charge is 0.386 e. The molecule has 2 rings (SSSR count). The maximum absolute atomic E-state index is 9.97. The van der Waals surface area contributed by atoms with Gasteiger partial charge < -0.3 is 5.11 Å².